The first-order valence-corrected chi connectivity index (χ1v) is 8.04. The summed E-state index contributed by atoms with van der Waals surface area (Å²) in [5.74, 6) is 0.486. The second-order valence-corrected chi connectivity index (χ2v) is 5.99. The largest absolute Gasteiger partial charge is 0.462 e. The van der Waals surface area contributed by atoms with E-state index >= 15 is 0 Å². The van der Waals surface area contributed by atoms with E-state index in [1.807, 2.05) is 19.9 Å². The lowest BCUT2D eigenvalue weighted by molar-refractivity contribution is -0.384. The second kappa shape index (κ2) is 8.62. The van der Waals surface area contributed by atoms with Crippen molar-refractivity contribution < 1.29 is 18.9 Å². The van der Waals surface area contributed by atoms with Crippen LogP contribution in [0.3, 0.4) is 0 Å². The molecule has 1 aromatic carbocycles. The van der Waals surface area contributed by atoms with Crippen molar-refractivity contribution in [3.05, 3.63) is 57.8 Å². The molecule has 2 rings (SSSR count). The fraction of sp³-hybridized carbons (Fsp3) is 0.263. The van der Waals surface area contributed by atoms with Crippen molar-refractivity contribution >= 4 is 17.7 Å². The molecule has 0 bridgehead atoms. The number of rotatable bonds is 7. The van der Waals surface area contributed by atoms with Gasteiger partial charge in [0.15, 0.2) is 0 Å². The number of hydrogen-bond donors (Lipinski definition) is 0. The predicted molar refractivity (Wildman–Crippen MR) is 94.8 cm³/mol. The highest BCUT2D eigenvalue weighted by Gasteiger charge is 2.13. The van der Waals surface area contributed by atoms with E-state index in [1.165, 1.54) is 18.2 Å². The first-order valence-electron chi connectivity index (χ1n) is 8.04. The van der Waals surface area contributed by atoms with Crippen molar-refractivity contribution in [1.82, 2.24) is 0 Å². The van der Waals surface area contributed by atoms with Gasteiger partial charge in [0.1, 0.15) is 23.2 Å². The average Bonchev–Trinajstić information content (AvgIpc) is 3.08. The molecule has 26 heavy (non-hydrogen) atoms. The molecule has 7 nitrogen and oxygen atoms in total. The van der Waals surface area contributed by atoms with Crippen molar-refractivity contribution in [2.24, 2.45) is 5.92 Å². The van der Waals surface area contributed by atoms with Gasteiger partial charge in [-0.05, 0) is 36.6 Å². The molecule has 0 fully saturated rings. The molecule has 0 saturated carbocycles. The first-order chi connectivity index (χ1) is 12.4. The smallest absolute Gasteiger partial charge is 0.349 e. The number of non-ortho nitro benzene ring substituents is 1. The molecule has 7 heteroatoms. The van der Waals surface area contributed by atoms with E-state index in [0.717, 1.165) is 6.42 Å². The lowest BCUT2D eigenvalue weighted by atomic mass is 10.1. The molecule has 0 aliphatic carbocycles. The van der Waals surface area contributed by atoms with Crippen LogP contribution in [-0.2, 0) is 9.53 Å². The summed E-state index contributed by atoms with van der Waals surface area (Å²) in [4.78, 5) is 22.1. The Bertz CT molecular complexity index is 857. The summed E-state index contributed by atoms with van der Waals surface area (Å²) in [6, 6.07) is 11.0. The van der Waals surface area contributed by atoms with Crippen LogP contribution in [0.5, 0.6) is 0 Å². The third-order valence-electron chi connectivity index (χ3n) is 3.54. The first kappa shape index (κ1) is 18.9. The molecule has 0 spiro atoms. The lowest BCUT2D eigenvalue weighted by Gasteiger charge is -2.05. The molecule has 0 unspecified atom stereocenters. The Morgan fingerprint density at radius 3 is 2.58 bits per heavy atom. The van der Waals surface area contributed by atoms with Gasteiger partial charge in [0, 0.05) is 23.8 Å². The molecule has 0 saturated heterocycles. The second-order valence-electron chi connectivity index (χ2n) is 5.99. The highest BCUT2D eigenvalue weighted by Crippen LogP contribution is 2.25. The Hall–Kier alpha value is -3.40. The normalized spacial score (nSPS) is 11.2. The van der Waals surface area contributed by atoms with Crippen LogP contribution in [0.25, 0.3) is 17.4 Å². The number of furan rings is 1. The molecule has 0 aliphatic rings. The molecule has 0 aliphatic heterocycles. The number of nitriles is 1. The molecule has 0 radical (unpaired) electrons. The highest BCUT2D eigenvalue weighted by molar-refractivity contribution is 5.97. The van der Waals surface area contributed by atoms with Gasteiger partial charge >= 0.3 is 5.97 Å². The molecule has 0 amide bonds. The van der Waals surface area contributed by atoms with Gasteiger partial charge in [0.2, 0.25) is 0 Å². The minimum Gasteiger partial charge on any atom is -0.462 e. The fourth-order valence-corrected chi connectivity index (χ4v) is 2.08. The van der Waals surface area contributed by atoms with Crippen molar-refractivity contribution in [2.75, 3.05) is 6.61 Å². The van der Waals surface area contributed by atoms with Gasteiger partial charge in [-0.1, -0.05) is 13.8 Å². The number of nitro groups is 1. The summed E-state index contributed by atoms with van der Waals surface area (Å²) in [7, 11) is 0. The summed E-state index contributed by atoms with van der Waals surface area (Å²) >= 11 is 0. The number of carbonyl (C=O) groups is 1. The zero-order chi connectivity index (χ0) is 19.1. The third kappa shape index (κ3) is 5.05. The summed E-state index contributed by atoms with van der Waals surface area (Å²) in [5, 5.41) is 19.8. The highest BCUT2D eigenvalue weighted by atomic mass is 16.6. The summed E-state index contributed by atoms with van der Waals surface area (Å²) in [6.45, 7) is 4.27. The minimum absolute atomic E-state index is 0.0173. The van der Waals surface area contributed by atoms with Gasteiger partial charge in [0.05, 0.1) is 11.5 Å². The monoisotopic (exact) mass is 354 g/mol. The van der Waals surface area contributed by atoms with Gasteiger partial charge in [-0.25, -0.2) is 4.79 Å². The van der Waals surface area contributed by atoms with Gasteiger partial charge in [0.25, 0.3) is 5.69 Å². The van der Waals surface area contributed by atoms with Crippen LogP contribution < -0.4 is 0 Å². The molecule has 0 atom stereocenters. The average molecular weight is 354 g/mol. The molecule has 0 N–H and O–H groups in total. The van der Waals surface area contributed by atoms with E-state index in [1.54, 1.807) is 24.3 Å². The molecule has 1 aromatic heterocycles. The van der Waals surface area contributed by atoms with Crippen LogP contribution >= 0.6 is 0 Å². The molecule has 134 valence electrons. The van der Waals surface area contributed by atoms with E-state index in [9.17, 15) is 14.9 Å². The SMILES string of the molecule is CC(C)CCOC(=O)C(C#N)=Cc1ccc(-c2ccc([N+](=O)[O-])cc2)o1. The number of esters is 1. The molecular weight excluding hydrogens is 336 g/mol. The van der Waals surface area contributed by atoms with Crippen LogP contribution in [-0.4, -0.2) is 17.5 Å². The Morgan fingerprint density at radius 2 is 2.00 bits per heavy atom. The fourth-order valence-electron chi connectivity index (χ4n) is 2.08. The third-order valence-corrected chi connectivity index (χ3v) is 3.54. The van der Waals surface area contributed by atoms with E-state index in [2.05, 4.69) is 0 Å². The summed E-state index contributed by atoms with van der Waals surface area (Å²) < 4.78 is 10.7. The Kier molecular flexibility index (Phi) is 6.28. The Balaban J connectivity index is 2.12. The lowest BCUT2D eigenvalue weighted by Crippen LogP contribution is -2.09. The van der Waals surface area contributed by atoms with E-state index in [-0.39, 0.29) is 17.9 Å². The van der Waals surface area contributed by atoms with Crippen molar-refractivity contribution in [1.29, 1.82) is 5.26 Å². The quantitative estimate of drug-likeness (QED) is 0.240. The van der Waals surface area contributed by atoms with Crippen molar-refractivity contribution in [3.63, 3.8) is 0 Å². The number of nitro benzene ring substituents is 1. The van der Waals surface area contributed by atoms with E-state index in [0.29, 0.717) is 23.0 Å². The number of ether oxygens (including phenoxy) is 1. The van der Waals surface area contributed by atoms with Gasteiger partial charge in [-0.2, -0.15) is 5.26 Å². The van der Waals surface area contributed by atoms with Gasteiger partial charge < -0.3 is 9.15 Å². The number of benzene rings is 1. The zero-order valence-corrected chi connectivity index (χ0v) is 14.5. The minimum atomic E-state index is -0.693. The maximum Gasteiger partial charge on any atom is 0.349 e. The van der Waals surface area contributed by atoms with E-state index < -0.39 is 10.9 Å². The van der Waals surface area contributed by atoms with Gasteiger partial charge in [-0.3, -0.25) is 10.1 Å². The zero-order valence-electron chi connectivity index (χ0n) is 14.5. The molecule has 2 aromatic rings. The number of carbonyl (C=O) groups excluding carboxylic acids is 1. The van der Waals surface area contributed by atoms with Crippen LogP contribution in [0, 0.1) is 27.4 Å². The van der Waals surface area contributed by atoms with Gasteiger partial charge in [-0.15, -0.1) is 0 Å². The maximum absolute atomic E-state index is 11.9. The topological polar surface area (TPSA) is 106 Å². The van der Waals surface area contributed by atoms with Crippen LogP contribution in [0.4, 0.5) is 5.69 Å². The van der Waals surface area contributed by atoms with Crippen LogP contribution in [0.1, 0.15) is 26.0 Å². The molecule has 1 heterocycles. The van der Waals surface area contributed by atoms with Crippen LogP contribution in [0.15, 0.2) is 46.4 Å². The van der Waals surface area contributed by atoms with Crippen LogP contribution in [0.2, 0.25) is 0 Å². The summed E-state index contributed by atoms with van der Waals surface area (Å²) in [5.41, 5.74) is 0.475. The number of hydrogen-bond acceptors (Lipinski definition) is 6. The molecular formula is C19H18N2O5. The van der Waals surface area contributed by atoms with Crippen molar-refractivity contribution in [2.45, 2.75) is 20.3 Å². The summed E-state index contributed by atoms with van der Waals surface area (Å²) in [6.07, 6.45) is 2.03. The maximum atomic E-state index is 11.9. The van der Waals surface area contributed by atoms with Crippen molar-refractivity contribution in [3.8, 4) is 17.4 Å². The Morgan fingerprint density at radius 1 is 1.31 bits per heavy atom. The number of nitrogens with zero attached hydrogens (tertiary/aromatic N) is 2. The Labute approximate surface area is 150 Å². The predicted octanol–water partition coefficient (Wildman–Crippen LogP) is 4.35. The van der Waals surface area contributed by atoms with E-state index in [4.69, 9.17) is 14.4 Å². The standard InChI is InChI=1S/C19H18N2O5/c1-13(2)9-10-25-19(22)15(12-20)11-17-7-8-18(26-17)14-3-5-16(6-4-14)21(23)24/h3-8,11,13H,9-10H2,1-2H3.